The third-order valence-corrected chi connectivity index (χ3v) is 5.28. The summed E-state index contributed by atoms with van der Waals surface area (Å²) >= 11 is 0. The van der Waals surface area contributed by atoms with Crippen LogP contribution in [0.4, 0.5) is 0 Å². The maximum atomic E-state index is 13.2. The maximum absolute atomic E-state index is 13.2. The Kier molecular flexibility index (Phi) is 11.4. The van der Waals surface area contributed by atoms with Gasteiger partial charge in [-0.1, -0.05) is 19.9 Å². The van der Waals surface area contributed by atoms with E-state index in [-0.39, 0.29) is 31.2 Å². The molecule has 0 aromatic heterocycles. The molecule has 0 aliphatic carbocycles. The van der Waals surface area contributed by atoms with Gasteiger partial charge in [-0.15, -0.1) is 6.58 Å². The second-order valence-electron chi connectivity index (χ2n) is 8.46. The highest BCUT2D eigenvalue weighted by Gasteiger charge is 2.31. The number of allylic oxidation sites excluding steroid dienone is 1. The van der Waals surface area contributed by atoms with Gasteiger partial charge >= 0.3 is 5.97 Å². The number of nitrogens with one attached hydrogen (secondary N) is 1. The van der Waals surface area contributed by atoms with E-state index in [9.17, 15) is 19.5 Å². The summed E-state index contributed by atoms with van der Waals surface area (Å²) in [6.07, 6.45) is 2.18. The zero-order chi connectivity index (χ0) is 25.1. The maximum Gasteiger partial charge on any atom is 0.326 e. The molecule has 0 spiro atoms. The molecular weight excluding hydrogens is 426 g/mol. The number of carbonyl (C=O) groups excluding carboxylic acids is 2. The third-order valence-electron chi connectivity index (χ3n) is 5.28. The SMILES string of the molecule is C=CCC(C[C@H](NC(=O)C(N)CC(C)C)C(=O)O)C(=O)N(C)Cc1ccc(OC)cc1OC. The van der Waals surface area contributed by atoms with E-state index in [4.69, 9.17) is 15.2 Å². The van der Waals surface area contributed by atoms with Gasteiger partial charge in [0.2, 0.25) is 11.8 Å². The quantitative estimate of drug-likeness (QED) is 0.360. The molecule has 0 saturated carbocycles. The lowest BCUT2D eigenvalue weighted by molar-refractivity contribution is -0.143. The number of hydrogen-bond donors (Lipinski definition) is 3. The van der Waals surface area contributed by atoms with Crippen molar-refractivity contribution in [2.75, 3.05) is 21.3 Å². The topological polar surface area (TPSA) is 131 Å². The third kappa shape index (κ3) is 8.76. The molecule has 184 valence electrons. The summed E-state index contributed by atoms with van der Waals surface area (Å²) in [5, 5.41) is 12.1. The van der Waals surface area contributed by atoms with Crippen LogP contribution in [0.25, 0.3) is 0 Å². The Labute approximate surface area is 195 Å². The van der Waals surface area contributed by atoms with E-state index in [1.165, 1.54) is 12.0 Å². The summed E-state index contributed by atoms with van der Waals surface area (Å²) in [6.45, 7) is 7.79. The highest BCUT2D eigenvalue weighted by Crippen LogP contribution is 2.26. The van der Waals surface area contributed by atoms with Crippen molar-refractivity contribution < 1.29 is 29.0 Å². The number of aliphatic carboxylic acids is 1. The van der Waals surface area contributed by atoms with Crippen LogP contribution in [0.5, 0.6) is 11.5 Å². The minimum atomic E-state index is -1.24. The number of nitrogens with two attached hydrogens (primary N) is 1. The van der Waals surface area contributed by atoms with Crippen LogP contribution >= 0.6 is 0 Å². The Balaban J connectivity index is 2.96. The summed E-state index contributed by atoms with van der Waals surface area (Å²) in [6, 6.07) is 3.25. The van der Waals surface area contributed by atoms with Gasteiger partial charge in [-0.2, -0.15) is 0 Å². The molecule has 9 nitrogen and oxygen atoms in total. The molecule has 4 N–H and O–H groups in total. The summed E-state index contributed by atoms with van der Waals surface area (Å²) in [5.74, 6) is -1.32. The van der Waals surface area contributed by atoms with E-state index in [0.29, 0.717) is 17.9 Å². The molecule has 33 heavy (non-hydrogen) atoms. The molecule has 0 bridgehead atoms. The van der Waals surface area contributed by atoms with Gasteiger partial charge in [0.15, 0.2) is 0 Å². The Bertz CT molecular complexity index is 826. The van der Waals surface area contributed by atoms with E-state index in [1.807, 2.05) is 13.8 Å². The standard InChI is InChI=1S/C24H37N3O6/c1-7-8-16(12-20(24(30)31)26-22(28)19(25)11-15(2)3)23(29)27(4)14-17-9-10-18(32-5)13-21(17)33-6/h7,9-10,13,15-16,19-20H,1,8,11-12,14,25H2,2-6H3,(H,26,28)(H,30,31)/t16?,19?,20-/m0/s1. The van der Waals surface area contributed by atoms with E-state index in [2.05, 4.69) is 11.9 Å². The van der Waals surface area contributed by atoms with Gasteiger partial charge in [0.1, 0.15) is 17.5 Å². The highest BCUT2D eigenvalue weighted by atomic mass is 16.5. The van der Waals surface area contributed by atoms with E-state index in [0.717, 1.165) is 5.56 Å². The fourth-order valence-electron chi connectivity index (χ4n) is 3.53. The predicted molar refractivity (Wildman–Crippen MR) is 126 cm³/mol. The summed E-state index contributed by atoms with van der Waals surface area (Å²) in [5.41, 5.74) is 6.65. The number of ether oxygens (including phenoxy) is 2. The Morgan fingerprint density at radius 3 is 2.39 bits per heavy atom. The minimum Gasteiger partial charge on any atom is -0.497 e. The summed E-state index contributed by atoms with van der Waals surface area (Å²) in [4.78, 5) is 38.8. The van der Waals surface area contributed by atoms with Crippen molar-refractivity contribution in [1.82, 2.24) is 10.2 Å². The first kappa shape index (κ1) is 28.0. The highest BCUT2D eigenvalue weighted by molar-refractivity contribution is 5.87. The fraction of sp³-hybridized carbons (Fsp3) is 0.542. The van der Waals surface area contributed by atoms with Crippen LogP contribution in [0.2, 0.25) is 0 Å². The Hall–Kier alpha value is -3.07. The monoisotopic (exact) mass is 463 g/mol. The van der Waals surface area contributed by atoms with Crippen molar-refractivity contribution in [1.29, 1.82) is 0 Å². The predicted octanol–water partition coefficient (Wildman–Crippen LogP) is 2.19. The fourth-order valence-corrected chi connectivity index (χ4v) is 3.53. The van der Waals surface area contributed by atoms with Gasteiger partial charge in [0.05, 0.1) is 20.3 Å². The van der Waals surface area contributed by atoms with Gasteiger partial charge < -0.3 is 30.5 Å². The zero-order valence-electron chi connectivity index (χ0n) is 20.2. The largest absolute Gasteiger partial charge is 0.497 e. The number of rotatable bonds is 14. The molecule has 0 radical (unpaired) electrons. The summed E-state index contributed by atoms with van der Waals surface area (Å²) in [7, 11) is 4.72. The normalized spacial score (nSPS) is 13.5. The van der Waals surface area contributed by atoms with Crippen LogP contribution in [0, 0.1) is 11.8 Å². The first-order valence-electron chi connectivity index (χ1n) is 10.9. The number of hydrogen-bond acceptors (Lipinski definition) is 6. The van der Waals surface area contributed by atoms with Crippen LogP contribution in [-0.4, -0.2) is 61.1 Å². The van der Waals surface area contributed by atoms with Gasteiger partial charge in [0, 0.05) is 31.1 Å². The van der Waals surface area contributed by atoms with Gasteiger partial charge in [-0.3, -0.25) is 9.59 Å². The zero-order valence-corrected chi connectivity index (χ0v) is 20.2. The Morgan fingerprint density at radius 1 is 1.21 bits per heavy atom. The molecule has 0 heterocycles. The number of benzene rings is 1. The lowest BCUT2D eigenvalue weighted by atomic mass is 9.94. The number of carbonyl (C=O) groups is 3. The van der Waals surface area contributed by atoms with Crippen LogP contribution in [-0.2, 0) is 20.9 Å². The van der Waals surface area contributed by atoms with Gasteiger partial charge in [0.25, 0.3) is 0 Å². The molecule has 1 rings (SSSR count). The average Bonchev–Trinajstić information content (AvgIpc) is 2.76. The molecule has 0 fully saturated rings. The molecule has 0 aliphatic heterocycles. The van der Waals surface area contributed by atoms with Crippen molar-refractivity contribution in [3.63, 3.8) is 0 Å². The molecular formula is C24H37N3O6. The van der Waals surface area contributed by atoms with Crippen LogP contribution in [0.3, 0.4) is 0 Å². The van der Waals surface area contributed by atoms with E-state index in [1.54, 1.807) is 38.4 Å². The molecule has 0 aliphatic rings. The van der Waals surface area contributed by atoms with Crippen LogP contribution in [0.15, 0.2) is 30.9 Å². The number of amides is 2. The molecule has 1 aromatic rings. The van der Waals surface area contributed by atoms with Gasteiger partial charge in [-0.25, -0.2) is 4.79 Å². The second-order valence-corrected chi connectivity index (χ2v) is 8.46. The van der Waals surface area contributed by atoms with Crippen LogP contribution in [0.1, 0.15) is 38.7 Å². The molecule has 3 atom stereocenters. The van der Waals surface area contributed by atoms with Crippen molar-refractivity contribution in [2.24, 2.45) is 17.6 Å². The van der Waals surface area contributed by atoms with Crippen molar-refractivity contribution in [3.8, 4) is 11.5 Å². The first-order chi connectivity index (χ1) is 15.5. The Morgan fingerprint density at radius 2 is 1.88 bits per heavy atom. The van der Waals surface area contributed by atoms with Gasteiger partial charge in [-0.05, 0) is 37.3 Å². The van der Waals surface area contributed by atoms with Crippen molar-refractivity contribution >= 4 is 17.8 Å². The molecule has 2 unspecified atom stereocenters. The number of methoxy groups -OCH3 is 2. The molecule has 2 amide bonds. The average molecular weight is 464 g/mol. The second kappa shape index (κ2) is 13.5. The minimum absolute atomic E-state index is 0.0790. The molecule has 9 heteroatoms. The number of carboxylic acid groups (broad SMARTS) is 1. The lowest BCUT2D eigenvalue weighted by Crippen LogP contribution is -2.50. The molecule has 1 aromatic carbocycles. The van der Waals surface area contributed by atoms with E-state index >= 15 is 0 Å². The van der Waals surface area contributed by atoms with Crippen molar-refractivity contribution in [3.05, 3.63) is 36.4 Å². The van der Waals surface area contributed by atoms with Crippen molar-refractivity contribution in [2.45, 2.75) is 51.7 Å². The van der Waals surface area contributed by atoms with E-state index < -0.39 is 29.9 Å². The number of nitrogens with zero attached hydrogens (tertiary/aromatic N) is 1. The lowest BCUT2D eigenvalue weighted by Gasteiger charge is -2.27. The smallest absolute Gasteiger partial charge is 0.326 e. The van der Waals surface area contributed by atoms with Crippen LogP contribution < -0.4 is 20.5 Å². The number of carboxylic acids is 1. The summed E-state index contributed by atoms with van der Waals surface area (Å²) < 4.78 is 10.6. The first-order valence-corrected chi connectivity index (χ1v) is 10.9. The molecule has 0 saturated heterocycles.